The average Bonchev–Trinajstić information content (AvgIpc) is 2.34. The Morgan fingerprint density at radius 3 is 2.76 bits per heavy atom. The molecule has 0 radical (unpaired) electrons. The summed E-state index contributed by atoms with van der Waals surface area (Å²) in [6.45, 7) is 3.37. The van der Waals surface area contributed by atoms with Crippen molar-refractivity contribution in [1.82, 2.24) is 9.78 Å². The van der Waals surface area contributed by atoms with E-state index in [9.17, 15) is 4.79 Å². The molecule has 0 aromatic carbocycles. The topological polar surface area (TPSA) is 87.4 Å². The Bertz CT molecular complexity index is 443. The summed E-state index contributed by atoms with van der Waals surface area (Å²) in [7, 11) is 0. The van der Waals surface area contributed by atoms with Crippen molar-refractivity contribution in [2.24, 2.45) is 0 Å². The molecule has 17 heavy (non-hydrogen) atoms. The highest BCUT2D eigenvalue weighted by atomic mass is 79.9. The molecule has 0 unspecified atom stereocenters. The van der Waals surface area contributed by atoms with Gasteiger partial charge in [0.15, 0.2) is 0 Å². The third kappa shape index (κ3) is 3.39. The predicted octanol–water partition coefficient (Wildman–Crippen LogP) is -0.0431. The Morgan fingerprint density at radius 2 is 2.24 bits per heavy atom. The highest BCUT2D eigenvalue weighted by Gasteiger charge is 2.12. The van der Waals surface area contributed by atoms with Crippen LogP contribution in [0.3, 0.4) is 0 Å². The summed E-state index contributed by atoms with van der Waals surface area (Å²) in [6.07, 6.45) is 3.02. The van der Waals surface area contributed by atoms with E-state index in [-0.39, 0.29) is 18.8 Å². The number of halogens is 1. The first-order valence-corrected chi connectivity index (χ1v) is 5.78. The van der Waals surface area contributed by atoms with Crippen LogP contribution in [0.15, 0.2) is 28.1 Å². The van der Waals surface area contributed by atoms with E-state index in [1.165, 1.54) is 10.9 Å². The zero-order valence-corrected chi connectivity index (χ0v) is 10.7. The number of aliphatic hydroxyl groups is 2. The number of aliphatic hydroxyl groups excluding tert-OH is 2. The second-order valence-electron chi connectivity index (χ2n) is 3.35. The maximum atomic E-state index is 11.8. The van der Waals surface area contributed by atoms with Crippen molar-refractivity contribution >= 4 is 21.6 Å². The van der Waals surface area contributed by atoms with Gasteiger partial charge in [-0.25, -0.2) is 4.68 Å². The third-order valence-electron chi connectivity index (χ3n) is 2.09. The predicted molar refractivity (Wildman–Crippen MR) is 68.0 cm³/mol. The molecule has 1 heterocycles. The van der Waals surface area contributed by atoms with Crippen LogP contribution in [0.2, 0.25) is 0 Å². The minimum Gasteiger partial charge on any atom is -0.394 e. The van der Waals surface area contributed by atoms with E-state index in [0.29, 0.717) is 16.7 Å². The Balaban J connectivity index is 3.00. The molecule has 0 saturated heterocycles. The van der Waals surface area contributed by atoms with Crippen LogP contribution < -0.4 is 10.9 Å². The lowest BCUT2D eigenvalue weighted by molar-refractivity contribution is 0.204. The SMILES string of the molecule is C=CCn1ncc(NC(CO)CO)c(Br)c1=O. The van der Waals surface area contributed by atoms with Crippen LogP contribution in [0.4, 0.5) is 5.69 Å². The molecule has 0 bridgehead atoms. The molecule has 0 atom stereocenters. The average molecular weight is 304 g/mol. The molecule has 1 rings (SSSR count). The van der Waals surface area contributed by atoms with Gasteiger partial charge in [0.05, 0.1) is 37.7 Å². The summed E-state index contributed by atoms with van der Waals surface area (Å²) < 4.78 is 1.55. The van der Waals surface area contributed by atoms with Crippen molar-refractivity contribution in [3.63, 3.8) is 0 Å². The standard InChI is InChI=1S/C10H14BrN3O3/c1-2-3-14-10(17)9(11)8(4-12-14)13-7(5-15)6-16/h2,4,7,13,15-16H,1,3,5-6H2. The van der Waals surface area contributed by atoms with E-state index in [2.05, 4.69) is 32.9 Å². The molecule has 0 saturated carbocycles. The highest BCUT2D eigenvalue weighted by Crippen LogP contribution is 2.16. The van der Waals surface area contributed by atoms with Crippen LogP contribution >= 0.6 is 15.9 Å². The van der Waals surface area contributed by atoms with Gasteiger partial charge >= 0.3 is 0 Å². The number of aromatic nitrogens is 2. The van der Waals surface area contributed by atoms with Gasteiger partial charge in [-0.15, -0.1) is 6.58 Å². The van der Waals surface area contributed by atoms with E-state index in [1.807, 2.05) is 0 Å². The maximum Gasteiger partial charge on any atom is 0.283 e. The quantitative estimate of drug-likeness (QED) is 0.642. The van der Waals surface area contributed by atoms with E-state index in [4.69, 9.17) is 10.2 Å². The molecule has 0 fully saturated rings. The summed E-state index contributed by atoms with van der Waals surface area (Å²) in [5, 5.41) is 24.6. The fraction of sp³-hybridized carbons (Fsp3) is 0.400. The number of hydrogen-bond donors (Lipinski definition) is 3. The molecule has 7 heteroatoms. The van der Waals surface area contributed by atoms with E-state index < -0.39 is 6.04 Å². The molecular formula is C10H14BrN3O3. The Hall–Kier alpha value is -1.18. The van der Waals surface area contributed by atoms with Crippen LogP contribution in [0.25, 0.3) is 0 Å². The number of nitrogens with one attached hydrogen (secondary N) is 1. The van der Waals surface area contributed by atoms with Crippen molar-refractivity contribution in [2.45, 2.75) is 12.6 Å². The molecule has 0 aliphatic rings. The number of allylic oxidation sites excluding steroid dienone is 1. The van der Waals surface area contributed by atoms with E-state index in [0.717, 1.165) is 0 Å². The fourth-order valence-corrected chi connectivity index (χ4v) is 1.61. The molecule has 1 aromatic rings. The van der Waals surface area contributed by atoms with Crippen LogP contribution in [-0.2, 0) is 6.54 Å². The highest BCUT2D eigenvalue weighted by molar-refractivity contribution is 9.10. The summed E-state index contributed by atoms with van der Waals surface area (Å²) in [6, 6.07) is -0.525. The number of rotatable bonds is 6. The van der Waals surface area contributed by atoms with Gasteiger partial charge < -0.3 is 15.5 Å². The van der Waals surface area contributed by atoms with Gasteiger partial charge in [0.25, 0.3) is 5.56 Å². The van der Waals surface area contributed by atoms with E-state index >= 15 is 0 Å². The normalized spacial score (nSPS) is 10.6. The van der Waals surface area contributed by atoms with Gasteiger partial charge in [-0.1, -0.05) is 6.08 Å². The minimum absolute atomic E-state index is 0.237. The summed E-state index contributed by atoms with van der Waals surface area (Å²) in [5.41, 5.74) is 0.132. The first-order valence-electron chi connectivity index (χ1n) is 4.98. The molecule has 0 aliphatic heterocycles. The van der Waals surface area contributed by atoms with Gasteiger partial charge in [0.2, 0.25) is 0 Å². The van der Waals surface area contributed by atoms with Crippen molar-refractivity contribution in [1.29, 1.82) is 0 Å². The lowest BCUT2D eigenvalue weighted by Crippen LogP contribution is -2.30. The van der Waals surface area contributed by atoms with Crippen LogP contribution in [0.5, 0.6) is 0 Å². The van der Waals surface area contributed by atoms with Gasteiger partial charge in [0.1, 0.15) is 4.47 Å². The molecule has 0 amide bonds. The molecule has 0 aliphatic carbocycles. The molecule has 1 aromatic heterocycles. The molecule has 0 spiro atoms. The van der Waals surface area contributed by atoms with Crippen LogP contribution in [0, 0.1) is 0 Å². The first-order chi connectivity index (χ1) is 8.13. The smallest absolute Gasteiger partial charge is 0.283 e. The Kier molecular flexibility index (Phi) is 5.33. The fourth-order valence-electron chi connectivity index (χ4n) is 1.19. The van der Waals surface area contributed by atoms with Crippen LogP contribution in [-0.4, -0.2) is 39.2 Å². The van der Waals surface area contributed by atoms with Gasteiger partial charge in [-0.2, -0.15) is 5.10 Å². The van der Waals surface area contributed by atoms with Gasteiger partial charge in [0, 0.05) is 0 Å². The molecule has 6 nitrogen and oxygen atoms in total. The lowest BCUT2D eigenvalue weighted by Gasteiger charge is -2.15. The summed E-state index contributed by atoms with van der Waals surface area (Å²) in [5.74, 6) is 0. The third-order valence-corrected chi connectivity index (χ3v) is 2.85. The molecule has 94 valence electrons. The Labute approximate surface area is 107 Å². The first kappa shape index (κ1) is 13.9. The molecular weight excluding hydrogens is 290 g/mol. The van der Waals surface area contributed by atoms with E-state index in [1.54, 1.807) is 6.08 Å². The van der Waals surface area contributed by atoms with Gasteiger partial charge in [-0.3, -0.25) is 4.79 Å². The monoisotopic (exact) mass is 303 g/mol. The second kappa shape index (κ2) is 6.53. The molecule has 3 N–H and O–H groups in total. The van der Waals surface area contributed by atoms with Crippen molar-refractivity contribution in [2.75, 3.05) is 18.5 Å². The van der Waals surface area contributed by atoms with Crippen molar-refractivity contribution in [3.05, 3.63) is 33.7 Å². The maximum absolute atomic E-state index is 11.8. The number of anilines is 1. The largest absolute Gasteiger partial charge is 0.394 e. The lowest BCUT2D eigenvalue weighted by atomic mass is 10.3. The van der Waals surface area contributed by atoms with Crippen LogP contribution in [0.1, 0.15) is 0 Å². The Morgan fingerprint density at radius 1 is 1.59 bits per heavy atom. The summed E-state index contributed by atoms with van der Waals surface area (Å²) >= 11 is 3.15. The minimum atomic E-state index is -0.525. The second-order valence-corrected chi connectivity index (χ2v) is 4.15. The number of nitrogens with zero attached hydrogens (tertiary/aromatic N) is 2. The zero-order valence-electron chi connectivity index (χ0n) is 9.14. The summed E-state index contributed by atoms with van der Waals surface area (Å²) in [4.78, 5) is 11.8. The van der Waals surface area contributed by atoms with Crippen molar-refractivity contribution < 1.29 is 10.2 Å². The van der Waals surface area contributed by atoms with Crippen molar-refractivity contribution in [3.8, 4) is 0 Å². The van der Waals surface area contributed by atoms with Gasteiger partial charge in [-0.05, 0) is 15.9 Å². The zero-order chi connectivity index (χ0) is 12.8. The number of hydrogen-bond acceptors (Lipinski definition) is 5.